The van der Waals surface area contributed by atoms with Gasteiger partial charge in [0.15, 0.2) is 0 Å². The molecular formula is C22H30B3FO7S. The van der Waals surface area contributed by atoms with Crippen LogP contribution in [0.5, 0.6) is 0 Å². The lowest BCUT2D eigenvalue weighted by atomic mass is 9.52. The van der Waals surface area contributed by atoms with Gasteiger partial charge >= 0.3 is 27.6 Å². The quantitative estimate of drug-likeness (QED) is 0.312. The summed E-state index contributed by atoms with van der Waals surface area (Å²) in [6.45, 7) is 0. The first kappa shape index (κ1) is 25.3. The molecule has 3 unspecified atom stereocenters. The van der Waals surface area contributed by atoms with Crippen molar-refractivity contribution in [2.24, 2.45) is 11.8 Å². The highest BCUT2D eigenvalue weighted by atomic mass is 32.2. The number of halogens is 1. The number of esters is 2. The monoisotopic (exact) mass is 490 g/mol. The van der Waals surface area contributed by atoms with Crippen LogP contribution in [0.15, 0.2) is 12.1 Å². The van der Waals surface area contributed by atoms with Crippen molar-refractivity contribution >= 4 is 45.6 Å². The fourth-order valence-corrected chi connectivity index (χ4v) is 7.18. The fraction of sp³-hybridized carbons (Fsp3) is 0.636. The number of benzene rings is 1. The number of carbonyl (C=O) groups is 2. The Morgan fingerprint density at radius 1 is 1.03 bits per heavy atom. The van der Waals surface area contributed by atoms with Crippen molar-refractivity contribution < 1.29 is 36.4 Å². The third-order valence-corrected chi connectivity index (χ3v) is 8.51. The van der Waals surface area contributed by atoms with E-state index in [2.05, 4.69) is 13.9 Å². The highest BCUT2D eigenvalue weighted by molar-refractivity contribution is 7.87. The largest absolute Gasteiger partial charge is 0.456 e. The number of rotatable bonds is 8. The van der Waals surface area contributed by atoms with Crippen molar-refractivity contribution in [2.45, 2.75) is 74.2 Å². The van der Waals surface area contributed by atoms with E-state index in [-0.39, 0.29) is 18.3 Å². The lowest BCUT2D eigenvalue weighted by Crippen LogP contribution is -2.62. The Hall–Kier alpha value is -1.81. The lowest BCUT2D eigenvalue weighted by molar-refractivity contribution is -0.221. The molecule has 0 saturated heterocycles. The zero-order valence-corrected chi connectivity index (χ0v) is 20.8. The predicted molar refractivity (Wildman–Crippen MR) is 131 cm³/mol. The van der Waals surface area contributed by atoms with Crippen LogP contribution in [0.3, 0.4) is 0 Å². The molecule has 4 bridgehead atoms. The molecule has 4 aliphatic carbocycles. The first-order valence-electron chi connectivity index (χ1n) is 12.1. The highest BCUT2D eigenvalue weighted by Gasteiger charge is 2.62. The van der Waals surface area contributed by atoms with Gasteiger partial charge in [-0.25, -0.2) is 14.0 Å². The zero-order valence-electron chi connectivity index (χ0n) is 19.9. The van der Waals surface area contributed by atoms with Crippen LogP contribution < -0.4 is 0 Å². The molecule has 0 aromatic heterocycles. The molecule has 4 fully saturated rings. The van der Waals surface area contributed by atoms with Crippen LogP contribution in [0, 0.1) is 11.8 Å². The van der Waals surface area contributed by atoms with Crippen molar-refractivity contribution in [1.82, 2.24) is 0 Å². The van der Waals surface area contributed by atoms with Crippen LogP contribution in [-0.2, 0) is 43.3 Å². The summed E-state index contributed by atoms with van der Waals surface area (Å²) in [6, 6.07) is 4.04. The van der Waals surface area contributed by atoms with E-state index in [0.29, 0.717) is 37.6 Å². The third-order valence-electron chi connectivity index (χ3n) is 7.79. The molecule has 0 amide bonds. The Labute approximate surface area is 202 Å². The molecule has 1 aromatic rings. The van der Waals surface area contributed by atoms with Gasteiger partial charge in [-0.15, -0.1) is 0 Å². The molecule has 4 aliphatic rings. The summed E-state index contributed by atoms with van der Waals surface area (Å²) in [7, 11) is 0.909. The van der Waals surface area contributed by atoms with Crippen LogP contribution in [0.4, 0.5) is 4.39 Å². The molecular weight excluding hydrogens is 460 g/mol. The molecule has 34 heavy (non-hydrogen) atoms. The summed E-state index contributed by atoms with van der Waals surface area (Å²) >= 11 is 0. The number of hydrogen-bond acceptors (Lipinski definition) is 6. The van der Waals surface area contributed by atoms with Gasteiger partial charge in [-0.1, -0.05) is 36.2 Å². The number of alkyl halides is 1. The molecule has 182 valence electrons. The second kappa shape index (κ2) is 9.01. The Bertz CT molecular complexity index is 1100. The van der Waals surface area contributed by atoms with E-state index in [1.165, 1.54) is 0 Å². The van der Waals surface area contributed by atoms with E-state index in [9.17, 15) is 22.4 Å². The molecule has 0 spiro atoms. The highest BCUT2D eigenvalue weighted by Crippen LogP contribution is 2.60. The van der Waals surface area contributed by atoms with Crippen LogP contribution in [0.1, 0.15) is 65.6 Å². The average Bonchev–Trinajstić information content (AvgIpc) is 2.75. The molecule has 0 heterocycles. The number of ether oxygens (including phenoxy) is 2. The fourth-order valence-electron chi connectivity index (χ4n) is 6.89. The Morgan fingerprint density at radius 3 is 2.12 bits per heavy atom. The molecule has 1 N–H and O–H groups in total. The minimum Gasteiger partial charge on any atom is -0.456 e. The number of carbonyl (C=O) groups excluding carboxylic acids is 2. The van der Waals surface area contributed by atoms with E-state index in [1.54, 1.807) is 0 Å². The molecule has 0 radical (unpaired) electrons. The average molecular weight is 490 g/mol. The summed E-state index contributed by atoms with van der Waals surface area (Å²) in [4.78, 5) is 25.7. The SMILES string of the molecule is BCc1cc(CB)c(CB)c(C(=O)OC23CC4CC(C2)CC(OC(=O)C(F)S(=O)(=O)O)(C4)C3)c1. The smallest absolute Gasteiger partial charge is 0.359 e. The maximum absolute atomic E-state index is 13.9. The van der Waals surface area contributed by atoms with Gasteiger partial charge in [0.25, 0.3) is 0 Å². The van der Waals surface area contributed by atoms with Gasteiger partial charge in [-0.2, -0.15) is 8.42 Å². The first-order chi connectivity index (χ1) is 15.9. The van der Waals surface area contributed by atoms with Crippen molar-refractivity contribution in [3.63, 3.8) is 0 Å². The van der Waals surface area contributed by atoms with Gasteiger partial charge in [0.1, 0.15) is 34.7 Å². The van der Waals surface area contributed by atoms with E-state index in [4.69, 9.17) is 14.0 Å². The molecule has 5 rings (SSSR count). The lowest BCUT2D eigenvalue weighted by Gasteiger charge is -2.60. The molecule has 3 atom stereocenters. The Balaban J connectivity index is 1.61. The minimum atomic E-state index is -5.20. The van der Waals surface area contributed by atoms with Crippen LogP contribution in [-0.4, -0.2) is 65.2 Å². The molecule has 4 saturated carbocycles. The maximum Gasteiger partial charge on any atom is 0.359 e. The standard InChI is InChI=1S/C22H30B3FO7S/c23-8-12-2-15(9-24)17(10-25)16(3-12)19(27)32-21-4-13-1-14(5-21)7-22(6-13,11-21)33-20(28)18(26)34(29,30)31/h2-3,13-14,18H,1,4-11,23-25H2,(H,29,30,31). The van der Waals surface area contributed by atoms with Crippen LogP contribution in [0.2, 0.25) is 0 Å². The van der Waals surface area contributed by atoms with E-state index >= 15 is 0 Å². The van der Waals surface area contributed by atoms with Gasteiger partial charge in [0.2, 0.25) is 0 Å². The Morgan fingerprint density at radius 2 is 1.62 bits per heavy atom. The molecule has 7 nitrogen and oxygen atoms in total. The normalized spacial score (nSPS) is 30.6. The summed E-state index contributed by atoms with van der Waals surface area (Å²) in [5.41, 5.74) is -1.34. The van der Waals surface area contributed by atoms with Gasteiger partial charge < -0.3 is 9.47 Å². The molecule has 0 aliphatic heterocycles. The zero-order chi connectivity index (χ0) is 24.9. The van der Waals surface area contributed by atoms with Crippen molar-refractivity contribution in [3.05, 3.63) is 34.4 Å². The van der Waals surface area contributed by atoms with E-state index in [0.717, 1.165) is 35.8 Å². The van der Waals surface area contributed by atoms with E-state index < -0.39 is 38.8 Å². The second-order valence-electron chi connectivity index (χ2n) is 10.3. The first-order valence-corrected chi connectivity index (χ1v) is 13.6. The molecule has 1 aromatic carbocycles. The summed E-state index contributed by atoms with van der Waals surface area (Å²) < 4.78 is 56.7. The second-order valence-corrected chi connectivity index (χ2v) is 11.8. The number of hydrogen-bond donors (Lipinski definition) is 1. The van der Waals surface area contributed by atoms with Gasteiger partial charge in [0, 0.05) is 6.42 Å². The van der Waals surface area contributed by atoms with Crippen molar-refractivity contribution in [2.75, 3.05) is 0 Å². The van der Waals surface area contributed by atoms with Crippen LogP contribution >= 0.6 is 0 Å². The topological polar surface area (TPSA) is 107 Å². The Kier molecular flexibility index (Phi) is 6.70. The minimum absolute atomic E-state index is 0.129. The predicted octanol–water partition coefficient (Wildman–Crippen LogP) is 0.0607. The van der Waals surface area contributed by atoms with Gasteiger partial charge in [-0.3, -0.25) is 4.55 Å². The van der Waals surface area contributed by atoms with Gasteiger partial charge in [0.05, 0.1) is 5.56 Å². The van der Waals surface area contributed by atoms with E-state index in [1.807, 2.05) is 21.8 Å². The van der Waals surface area contributed by atoms with Crippen LogP contribution in [0.25, 0.3) is 0 Å². The van der Waals surface area contributed by atoms with Gasteiger partial charge in [-0.05, 0) is 55.6 Å². The summed E-state index contributed by atoms with van der Waals surface area (Å²) in [5.74, 6) is -1.75. The summed E-state index contributed by atoms with van der Waals surface area (Å²) in [6.07, 6.45) is 5.64. The van der Waals surface area contributed by atoms with Crippen molar-refractivity contribution in [1.29, 1.82) is 0 Å². The molecule has 12 heteroatoms. The maximum atomic E-state index is 13.9. The summed E-state index contributed by atoms with van der Waals surface area (Å²) in [5, 5.41) is 0. The third kappa shape index (κ3) is 4.68. The van der Waals surface area contributed by atoms with Crippen molar-refractivity contribution in [3.8, 4) is 0 Å².